The number of aromatic nitrogens is 1. The van der Waals surface area contributed by atoms with Crippen LogP contribution in [0.25, 0.3) is 0 Å². The Balaban J connectivity index is 1.41. The Morgan fingerprint density at radius 2 is 2.06 bits per heavy atom. The van der Waals surface area contributed by atoms with E-state index in [2.05, 4.69) is 10.3 Å². The molecular weight excluding hydrogens is 444 g/mol. The summed E-state index contributed by atoms with van der Waals surface area (Å²) in [5, 5.41) is 14.0. The van der Waals surface area contributed by atoms with Crippen molar-refractivity contribution in [3.63, 3.8) is 0 Å². The van der Waals surface area contributed by atoms with Crippen molar-refractivity contribution < 1.29 is 28.2 Å². The van der Waals surface area contributed by atoms with Crippen LogP contribution in [0.15, 0.2) is 54.7 Å². The van der Waals surface area contributed by atoms with Crippen molar-refractivity contribution >= 4 is 11.6 Å². The number of pyridine rings is 1. The van der Waals surface area contributed by atoms with E-state index < -0.39 is 23.6 Å². The molecule has 5 rings (SSSR count). The van der Waals surface area contributed by atoms with E-state index in [1.807, 2.05) is 18.2 Å². The molecule has 1 saturated heterocycles. The molecule has 1 amide bonds. The molecule has 7 nitrogen and oxygen atoms in total. The second-order valence-corrected chi connectivity index (χ2v) is 8.31. The molecule has 1 aromatic heterocycles. The van der Waals surface area contributed by atoms with Crippen LogP contribution in [0.1, 0.15) is 39.2 Å². The maximum absolute atomic E-state index is 13.5. The second kappa shape index (κ2) is 9.26. The van der Waals surface area contributed by atoms with Crippen LogP contribution in [-0.4, -0.2) is 40.2 Å². The second-order valence-electron chi connectivity index (χ2n) is 8.31. The van der Waals surface area contributed by atoms with Crippen molar-refractivity contribution in [1.29, 1.82) is 0 Å². The molecule has 3 aromatic rings. The molecule has 9 heteroatoms. The molecule has 0 saturated carbocycles. The Bertz CT molecular complexity index is 1200. The third kappa shape index (κ3) is 4.38. The van der Waals surface area contributed by atoms with Crippen LogP contribution < -0.4 is 10.1 Å². The van der Waals surface area contributed by atoms with Crippen LogP contribution in [0.5, 0.6) is 11.5 Å². The van der Waals surface area contributed by atoms with Gasteiger partial charge in [-0.3, -0.25) is 9.78 Å². The molecule has 2 N–H and O–H groups in total. The fourth-order valence-corrected chi connectivity index (χ4v) is 4.11. The summed E-state index contributed by atoms with van der Waals surface area (Å²) >= 11 is 0. The lowest BCUT2D eigenvalue weighted by atomic mass is 10.1. The number of carbonyl (C=O) groups is 1. The number of phenols is 1. The molecule has 3 heterocycles. The number of hydrogen-bond donors (Lipinski definition) is 2. The molecule has 0 atom stereocenters. The number of rotatable bonds is 7. The summed E-state index contributed by atoms with van der Waals surface area (Å²) < 4.78 is 37.7. The fraction of sp³-hybridized carbons (Fsp3) is 0.280. The molecule has 2 aromatic carbocycles. The number of benzene rings is 2. The van der Waals surface area contributed by atoms with Gasteiger partial charge in [0.25, 0.3) is 12.3 Å². The van der Waals surface area contributed by atoms with Gasteiger partial charge >= 0.3 is 0 Å². The summed E-state index contributed by atoms with van der Waals surface area (Å²) in [6, 6.07) is 13.3. The van der Waals surface area contributed by atoms with Crippen molar-refractivity contribution in [3.8, 4) is 11.5 Å². The standard InChI is InChI=1S/C25H23F2N3O4/c26-24(27)16-8-21(31)23(22(9-16)34-14-17-5-1-2-7-28-17)25(32)30-10-15-4-3-6-20(19(15)11-30)29-18-12-33-13-18/h1-9,18,24,29,31H,10-14H2. The van der Waals surface area contributed by atoms with Gasteiger partial charge in [-0.1, -0.05) is 18.2 Å². The van der Waals surface area contributed by atoms with Gasteiger partial charge in [0.2, 0.25) is 0 Å². The molecule has 0 aliphatic carbocycles. The number of phenolic OH excluding ortho intramolecular Hbond substituents is 1. The maximum atomic E-state index is 13.5. The summed E-state index contributed by atoms with van der Waals surface area (Å²) in [7, 11) is 0. The number of nitrogens with one attached hydrogen (secondary N) is 1. The smallest absolute Gasteiger partial charge is 0.264 e. The average molecular weight is 467 g/mol. The van der Waals surface area contributed by atoms with Crippen LogP contribution in [0.4, 0.5) is 14.5 Å². The highest BCUT2D eigenvalue weighted by Gasteiger charge is 2.31. The summed E-state index contributed by atoms with van der Waals surface area (Å²) in [6.45, 7) is 1.88. The average Bonchev–Trinajstić information content (AvgIpc) is 3.25. The molecule has 176 valence electrons. The largest absolute Gasteiger partial charge is 0.507 e. The van der Waals surface area contributed by atoms with Gasteiger partial charge in [0.05, 0.1) is 24.9 Å². The van der Waals surface area contributed by atoms with Crippen molar-refractivity contribution in [3.05, 3.63) is 82.7 Å². The van der Waals surface area contributed by atoms with Gasteiger partial charge in [-0.05, 0) is 41.5 Å². The molecule has 0 spiro atoms. The Morgan fingerprint density at radius 1 is 1.21 bits per heavy atom. The SMILES string of the molecule is O=C(c1c(O)cc(C(F)F)cc1OCc1ccccn1)N1Cc2cccc(NC3COC3)c2C1. The number of amides is 1. The van der Waals surface area contributed by atoms with Crippen molar-refractivity contribution in [2.45, 2.75) is 32.2 Å². The number of hydrogen-bond acceptors (Lipinski definition) is 6. The first kappa shape index (κ1) is 22.1. The maximum Gasteiger partial charge on any atom is 0.264 e. The number of ether oxygens (including phenoxy) is 2. The van der Waals surface area contributed by atoms with Crippen LogP contribution >= 0.6 is 0 Å². The number of anilines is 1. The highest BCUT2D eigenvalue weighted by molar-refractivity contribution is 6.00. The molecule has 0 radical (unpaired) electrons. The third-order valence-electron chi connectivity index (χ3n) is 5.94. The predicted molar refractivity (Wildman–Crippen MR) is 120 cm³/mol. The molecule has 0 bridgehead atoms. The Morgan fingerprint density at radius 3 is 2.76 bits per heavy atom. The quantitative estimate of drug-likeness (QED) is 0.540. The van der Waals surface area contributed by atoms with E-state index >= 15 is 0 Å². The number of carbonyl (C=O) groups excluding carboxylic acids is 1. The first-order valence-electron chi connectivity index (χ1n) is 10.9. The van der Waals surface area contributed by atoms with E-state index in [4.69, 9.17) is 9.47 Å². The zero-order valence-corrected chi connectivity index (χ0v) is 18.2. The predicted octanol–water partition coefficient (Wildman–Crippen LogP) is 4.27. The van der Waals surface area contributed by atoms with Gasteiger partial charge < -0.3 is 24.8 Å². The number of nitrogens with zero attached hydrogens (tertiary/aromatic N) is 2. The summed E-state index contributed by atoms with van der Waals surface area (Å²) in [5.74, 6) is -1.14. The van der Waals surface area contributed by atoms with E-state index in [0.29, 0.717) is 32.0 Å². The van der Waals surface area contributed by atoms with Crippen molar-refractivity contribution in [1.82, 2.24) is 9.88 Å². The molecule has 2 aliphatic rings. The topological polar surface area (TPSA) is 83.9 Å². The van der Waals surface area contributed by atoms with Crippen molar-refractivity contribution in [2.24, 2.45) is 0 Å². The van der Waals surface area contributed by atoms with E-state index in [-0.39, 0.29) is 24.0 Å². The fourth-order valence-electron chi connectivity index (χ4n) is 4.11. The van der Waals surface area contributed by atoms with Gasteiger partial charge in [0, 0.05) is 30.5 Å². The van der Waals surface area contributed by atoms with Crippen molar-refractivity contribution in [2.75, 3.05) is 18.5 Å². The first-order chi connectivity index (χ1) is 16.5. The lowest BCUT2D eigenvalue weighted by Crippen LogP contribution is -2.40. The van der Waals surface area contributed by atoms with E-state index in [1.165, 1.54) is 0 Å². The first-order valence-corrected chi connectivity index (χ1v) is 10.9. The minimum atomic E-state index is -2.83. The Labute approximate surface area is 194 Å². The normalized spacial score (nSPS) is 15.2. The van der Waals surface area contributed by atoms with Crippen LogP contribution in [0.2, 0.25) is 0 Å². The highest BCUT2D eigenvalue weighted by atomic mass is 19.3. The zero-order valence-electron chi connectivity index (χ0n) is 18.2. The summed E-state index contributed by atoms with van der Waals surface area (Å²) in [6.07, 6.45) is -1.24. The Hall–Kier alpha value is -3.72. The van der Waals surface area contributed by atoms with Gasteiger partial charge in [0.1, 0.15) is 23.7 Å². The molecule has 0 unspecified atom stereocenters. The number of alkyl halides is 2. The summed E-state index contributed by atoms with van der Waals surface area (Å²) in [4.78, 5) is 19.2. The molecule has 34 heavy (non-hydrogen) atoms. The molecule has 1 fully saturated rings. The van der Waals surface area contributed by atoms with E-state index in [0.717, 1.165) is 28.9 Å². The van der Waals surface area contributed by atoms with Crippen LogP contribution in [-0.2, 0) is 24.4 Å². The van der Waals surface area contributed by atoms with Gasteiger partial charge in [-0.2, -0.15) is 0 Å². The third-order valence-corrected chi connectivity index (χ3v) is 5.94. The van der Waals surface area contributed by atoms with Gasteiger partial charge in [0.15, 0.2) is 0 Å². The van der Waals surface area contributed by atoms with Crippen LogP contribution in [0, 0.1) is 0 Å². The minimum Gasteiger partial charge on any atom is -0.507 e. The van der Waals surface area contributed by atoms with Crippen LogP contribution in [0.3, 0.4) is 0 Å². The highest BCUT2D eigenvalue weighted by Crippen LogP contribution is 2.38. The van der Waals surface area contributed by atoms with Gasteiger partial charge in [-0.15, -0.1) is 0 Å². The minimum absolute atomic E-state index is 0.0367. The Kier molecular flexibility index (Phi) is 6.02. The number of fused-ring (bicyclic) bond motifs is 1. The number of aromatic hydroxyl groups is 1. The molecular formula is C25H23F2N3O4. The van der Waals surface area contributed by atoms with Gasteiger partial charge in [-0.25, -0.2) is 8.78 Å². The zero-order chi connectivity index (χ0) is 23.7. The monoisotopic (exact) mass is 467 g/mol. The lowest BCUT2D eigenvalue weighted by Gasteiger charge is -2.28. The van der Waals surface area contributed by atoms with E-state index in [9.17, 15) is 18.7 Å². The molecule has 2 aliphatic heterocycles. The number of halogens is 2. The lowest BCUT2D eigenvalue weighted by molar-refractivity contribution is 0.0210. The summed E-state index contributed by atoms with van der Waals surface area (Å²) in [5.41, 5.74) is 2.90. The van der Waals surface area contributed by atoms with E-state index in [1.54, 1.807) is 29.3 Å².